The minimum Gasteiger partial charge on any atom is -0.381 e. The predicted molar refractivity (Wildman–Crippen MR) is 77.5 cm³/mol. The van der Waals surface area contributed by atoms with E-state index in [2.05, 4.69) is 15.3 Å². The summed E-state index contributed by atoms with van der Waals surface area (Å²) in [5, 5.41) is 2.10. The summed E-state index contributed by atoms with van der Waals surface area (Å²) >= 11 is 1.64. The lowest BCUT2D eigenvalue weighted by Gasteiger charge is -2.23. The first-order chi connectivity index (χ1) is 9.83. The zero-order valence-corrected chi connectivity index (χ0v) is 12.5. The Labute approximate surface area is 123 Å². The van der Waals surface area contributed by atoms with Crippen LogP contribution in [0.2, 0.25) is 0 Å². The van der Waals surface area contributed by atoms with Crippen LogP contribution in [0.1, 0.15) is 18.5 Å². The first kappa shape index (κ1) is 14.0. The lowest BCUT2D eigenvalue weighted by molar-refractivity contribution is -0.135. The molecule has 20 heavy (non-hydrogen) atoms. The maximum Gasteiger partial charge on any atom is 0.228 e. The van der Waals surface area contributed by atoms with Gasteiger partial charge in [-0.1, -0.05) is 0 Å². The number of carbonyl (C=O) groups is 1. The van der Waals surface area contributed by atoms with Gasteiger partial charge in [0, 0.05) is 44.7 Å². The topological polar surface area (TPSA) is 45.7 Å². The van der Waals surface area contributed by atoms with Gasteiger partial charge in [0.15, 0.2) is 0 Å². The van der Waals surface area contributed by atoms with Crippen LogP contribution in [0, 0.1) is 5.92 Å². The summed E-state index contributed by atoms with van der Waals surface area (Å²) in [5.41, 5.74) is 3.02. The van der Waals surface area contributed by atoms with Gasteiger partial charge in [-0.25, -0.2) is 4.98 Å². The average molecular weight is 295 g/mol. The van der Waals surface area contributed by atoms with E-state index in [9.17, 15) is 4.79 Å². The summed E-state index contributed by atoms with van der Waals surface area (Å²) in [6.07, 6.45) is 1.93. The summed E-state index contributed by atoms with van der Waals surface area (Å²) in [4.78, 5) is 21.2. The van der Waals surface area contributed by atoms with Crippen LogP contribution in [0.3, 0.4) is 0 Å². The van der Waals surface area contributed by atoms with Crippen LogP contribution < -0.4 is 0 Å². The number of ether oxygens (including phenoxy) is 1. The molecule has 0 aromatic carbocycles. The molecule has 0 bridgehead atoms. The van der Waals surface area contributed by atoms with Crippen molar-refractivity contribution in [3.05, 3.63) is 16.6 Å². The van der Waals surface area contributed by atoms with Crippen LogP contribution in [0.4, 0.5) is 0 Å². The monoisotopic (exact) mass is 295 g/mol. The number of hydrogen-bond acceptors (Lipinski definition) is 5. The molecule has 1 atom stereocenters. The third kappa shape index (κ3) is 3.37. The Morgan fingerprint density at radius 1 is 1.40 bits per heavy atom. The Hall–Kier alpha value is -0.980. The maximum absolute atomic E-state index is 12.4. The second-order valence-electron chi connectivity index (χ2n) is 5.50. The number of amides is 1. The Morgan fingerprint density at radius 3 is 3.10 bits per heavy atom. The number of hydrogen-bond donors (Lipinski definition) is 0. The SMILES string of the molecule is O=C(C1CCOC1)N1CCCN(Cc2cscn2)CC1. The maximum atomic E-state index is 12.4. The lowest BCUT2D eigenvalue weighted by Crippen LogP contribution is -2.39. The zero-order valence-electron chi connectivity index (χ0n) is 11.7. The third-order valence-electron chi connectivity index (χ3n) is 4.05. The van der Waals surface area contributed by atoms with Gasteiger partial charge in [0.2, 0.25) is 5.91 Å². The van der Waals surface area contributed by atoms with Gasteiger partial charge in [0.05, 0.1) is 23.7 Å². The molecule has 0 aliphatic carbocycles. The number of thiazole rings is 1. The van der Waals surface area contributed by atoms with E-state index in [4.69, 9.17) is 4.74 Å². The minimum absolute atomic E-state index is 0.0973. The Kier molecular flexibility index (Phi) is 4.65. The fourth-order valence-corrected chi connectivity index (χ4v) is 3.43. The molecule has 2 saturated heterocycles. The van der Waals surface area contributed by atoms with Gasteiger partial charge in [0.1, 0.15) is 0 Å². The van der Waals surface area contributed by atoms with Crippen molar-refractivity contribution in [2.75, 3.05) is 39.4 Å². The first-order valence-electron chi connectivity index (χ1n) is 7.29. The van der Waals surface area contributed by atoms with E-state index in [-0.39, 0.29) is 11.8 Å². The van der Waals surface area contributed by atoms with E-state index in [0.717, 1.165) is 57.9 Å². The first-order valence-corrected chi connectivity index (χ1v) is 8.23. The molecule has 2 fully saturated rings. The van der Waals surface area contributed by atoms with Crippen LogP contribution >= 0.6 is 11.3 Å². The van der Waals surface area contributed by atoms with E-state index < -0.39 is 0 Å². The average Bonchev–Trinajstić information content (AvgIpc) is 3.10. The highest BCUT2D eigenvalue weighted by molar-refractivity contribution is 7.07. The quantitative estimate of drug-likeness (QED) is 0.841. The van der Waals surface area contributed by atoms with Gasteiger partial charge < -0.3 is 9.64 Å². The van der Waals surface area contributed by atoms with Crippen molar-refractivity contribution in [1.29, 1.82) is 0 Å². The van der Waals surface area contributed by atoms with Crippen molar-refractivity contribution in [1.82, 2.24) is 14.8 Å². The van der Waals surface area contributed by atoms with Crippen LogP contribution in [0.25, 0.3) is 0 Å². The van der Waals surface area contributed by atoms with E-state index >= 15 is 0 Å². The van der Waals surface area contributed by atoms with Crippen molar-refractivity contribution in [2.45, 2.75) is 19.4 Å². The van der Waals surface area contributed by atoms with Crippen LogP contribution in [-0.2, 0) is 16.1 Å². The Bertz CT molecular complexity index is 432. The summed E-state index contributed by atoms with van der Waals surface area (Å²) in [5.74, 6) is 0.387. The summed E-state index contributed by atoms with van der Waals surface area (Å²) in [6.45, 7) is 5.94. The molecule has 110 valence electrons. The molecule has 3 heterocycles. The van der Waals surface area contributed by atoms with Crippen molar-refractivity contribution < 1.29 is 9.53 Å². The van der Waals surface area contributed by atoms with Crippen LogP contribution in [-0.4, -0.2) is 60.1 Å². The smallest absolute Gasteiger partial charge is 0.228 e. The fraction of sp³-hybridized carbons (Fsp3) is 0.714. The number of rotatable bonds is 3. The minimum atomic E-state index is 0.0973. The molecular weight excluding hydrogens is 274 g/mol. The molecule has 5 nitrogen and oxygen atoms in total. The van der Waals surface area contributed by atoms with Gasteiger partial charge in [-0.05, 0) is 12.8 Å². The van der Waals surface area contributed by atoms with Crippen LogP contribution in [0.5, 0.6) is 0 Å². The van der Waals surface area contributed by atoms with E-state index in [1.807, 2.05) is 10.4 Å². The zero-order chi connectivity index (χ0) is 13.8. The molecular formula is C14H21N3O2S. The molecule has 1 amide bonds. The van der Waals surface area contributed by atoms with Crippen molar-refractivity contribution >= 4 is 17.2 Å². The molecule has 0 N–H and O–H groups in total. The molecule has 1 aromatic rings. The summed E-state index contributed by atoms with van der Waals surface area (Å²) in [7, 11) is 0. The van der Waals surface area contributed by atoms with E-state index in [0.29, 0.717) is 6.61 Å². The molecule has 2 aliphatic heterocycles. The molecule has 2 aliphatic rings. The van der Waals surface area contributed by atoms with Crippen molar-refractivity contribution in [2.24, 2.45) is 5.92 Å². The van der Waals surface area contributed by atoms with Crippen LogP contribution in [0.15, 0.2) is 10.9 Å². The summed E-state index contributed by atoms with van der Waals surface area (Å²) < 4.78 is 5.33. The van der Waals surface area contributed by atoms with E-state index in [1.54, 1.807) is 11.3 Å². The largest absolute Gasteiger partial charge is 0.381 e. The fourth-order valence-electron chi connectivity index (χ4n) is 2.88. The molecule has 6 heteroatoms. The Morgan fingerprint density at radius 2 is 2.35 bits per heavy atom. The molecule has 0 radical (unpaired) electrons. The summed E-state index contributed by atoms with van der Waals surface area (Å²) in [6, 6.07) is 0. The molecule has 0 saturated carbocycles. The van der Waals surface area contributed by atoms with Gasteiger partial charge >= 0.3 is 0 Å². The third-order valence-corrected chi connectivity index (χ3v) is 4.68. The highest BCUT2D eigenvalue weighted by Gasteiger charge is 2.29. The number of carbonyl (C=O) groups excluding carboxylic acids is 1. The van der Waals surface area contributed by atoms with Gasteiger partial charge in [-0.15, -0.1) is 11.3 Å². The second kappa shape index (κ2) is 6.65. The number of nitrogens with zero attached hydrogens (tertiary/aromatic N) is 3. The van der Waals surface area contributed by atoms with E-state index in [1.165, 1.54) is 0 Å². The molecule has 0 spiro atoms. The van der Waals surface area contributed by atoms with Gasteiger partial charge in [-0.3, -0.25) is 9.69 Å². The molecule has 3 rings (SSSR count). The highest BCUT2D eigenvalue weighted by Crippen LogP contribution is 2.17. The standard InChI is InChI=1S/C14H21N3O2S/c18-14(12-2-7-19-9-12)17-4-1-3-16(5-6-17)8-13-10-20-11-15-13/h10-12H,1-9H2. The number of aromatic nitrogens is 1. The molecule has 1 aromatic heterocycles. The second-order valence-corrected chi connectivity index (χ2v) is 6.21. The highest BCUT2D eigenvalue weighted by atomic mass is 32.1. The lowest BCUT2D eigenvalue weighted by atomic mass is 10.1. The predicted octanol–water partition coefficient (Wildman–Crippen LogP) is 1.21. The Balaban J connectivity index is 1.52. The van der Waals surface area contributed by atoms with Gasteiger partial charge in [-0.2, -0.15) is 0 Å². The normalized spacial score (nSPS) is 24.8. The van der Waals surface area contributed by atoms with Crippen molar-refractivity contribution in [3.63, 3.8) is 0 Å². The van der Waals surface area contributed by atoms with Gasteiger partial charge in [0.25, 0.3) is 0 Å². The van der Waals surface area contributed by atoms with Crippen molar-refractivity contribution in [3.8, 4) is 0 Å². The molecule has 1 unspecified atom stereocenters.